The van der Waals surface area contributed by atoms with E-state index in [1.807, 2.05) is 12.1 Å². The highest BCUT2D eigenvalue weighted by Gasteiger charge is 2.15. The van der Waals surface area contributed by atoms with Gasteiger partial charge in [-0.05, 0) is 36.3 Å². The van der Waals surface area contributed by atoms with Gasteiger partial charge >= 0.3 is 5.97 Å². The number of pyridine rings is 1. The largest absolute Gasteiger partial charge is 0.481 e. The lowest BCUT2D eigenvalue weighted by atomic mass is 9.88. The second kappa shape index (κ2) is 9.10. The normalized spacial score (nSPS) is 12.1. The van der Waals surface area contributed by atoms with E-state index in [1.165, 1.54) is 0 Å². The number of carbonyl (C=O) groups excluding carboxylic acids is 1. The first kappa shape index (κ1) is 17.1. The van der Waals surface area contributed by atoms with Gasteiger partial charge in [0.05, 0.1) is 6.42 Å². The standard InChI is InChI=1S/C16H24N2O3/c1-12(2)14(5-6-16(20)21)7-9-18-15(19)10-13-4-3-8-17-11-13/h3-4,8,11-12,14H,5-7,9-10H2,1-2H3,(H,18,19)(H,20,21). The Morgan fingerprint density at radius 2 is 2.10 bits per heavy atom. The van der Waals surface area contributed by atoms with Gasteiger partial charge in [-0.3, -0.25) is 14.6 Å². The molecule has 0 spiro atoms. The van der Waals surface area contributed by atoms with Gasteiger partial charge in [0.2, 0.25) is 5.91 Å². The monoisotopic (exact) mass is 292 g/mol. The van der Waals surface area contributed by atoms with Gasteiger partial charge in [-0.1, -0.05) is 19.9 Å². The second-order valence-corrected chi connectivity index (χ2v) is 5.61. The minimum Gasteiger partial charge on any atom is -0.481 e. The maximum atomic E-state index is 11.8. The molecule has 0 aliphatic rings. The van der Waals surface area contributed by atoms with Crippen molar-refractivity contribution in [3.05, 3.63) is 30.1 Å². The molecule has 1 heterocycles. The molecule has 1 aromatic heterocycles. The molecular formula is C16H24N2O3. The van der Waals surface area contributed by atoms with Crippen LogP contribution in [0.4, 0.5) is 0 Å². The van der Waals surface area contributed by atoms with Gasteiger partial charge in [0.1, 0.15) is 0 Å². The molecule has 0 aliphatic heterocycles. The number of carboxylic acid groups (broad SMARTS) is 1. The molecule has 1 rings (SSSR count). The van der Waals surface area contributed by atoms with E-state index in [0.717, 1.165) is 12.0 Å². The van der Waals surface area contributed by atoms with E-state index in [2.05, 4.69) is 24.1 Å². The fourth-order valence-electron chi connectivity index (χ4n) is 2.27. The number of rotatable bonds is 9. The van der Waals surface area contributed by atoms with Gasteiger partial charge in [0, 0.05) is 25.4 Å². The van der Waals surface area contributed by atoms with Gasteiger partial charge in [-0.15, -0.1) is 0 Å². The van der Waals surface area contributed by atoms with Crippen molar-refractivity contribution < 1.29 is 14.7 Å². The molecule has 0 saturated heterocycles. The molecule has 116 valence electrons. The first-order chi connectivity index (χ1) is 9.99. The van der Waals surface area contributed by atoms with Crippen molar-refractivity contribution in [1.82, 2.24) is 10.3 Å². The van der Waals surface area contributed by atoms with E-state index in [-0.39, 0.29) is 12.3 Å². The van der Waals surface area contributed by atoms with E-state index in [0.29, 0.717) is 31.2 Å². The van der Waals surface area contributed by atoms with E-state index in [4.69, 9.17) is 5.11 Å². The Morgan fingerprint density at radius 1 is 1.33 bits per heavy atom. The molecule has 5 heteroatoms. The molecule has 0 aromatic carbocycles. The van der Waals surface area contributed by atoms with Crippen LogP contribution in [0.1, 0.15) is 38.7 Å². The van der Waals surface area contributed by atoms with Crippen LogP contribution >= 0.6 is 0 Å². The average Bonchev–Trinajstić information content (AvgIpc) is 2.43. The molecule has 0 aliphatic carbocycles. The lowest BCUT2D eigenvalue weighted by molar-refractivity contribution is -0.137. The van der Waals surface area contributed by atoms with Crippen LogP contribution in [0.15, 0.2) is 24.5 Å². The van der Waals surface area contributed by atoms with Crippen LogP contribution in [0.25, 0.3) is 0 Å². The molecule has 2 N–H and O–H groups in total. The van der Waals surface area contributed by atoms with Crippen molar-refractivity contribution in [1.29, 1.82) is 0 Å². The number of nitrogens with one attached hydrogen (secondary N) is 1. The van der Waals surface area contributed by atoms with E-state index < -0.39 is 5.97 Å². The van der Waals surface area contributed by atoms with Crippen LogP contribution in [0.5, 0.6) is 0 Å². The zero-order chi connectivity index (χ0) is 15.7. The second-order valence-electron chi connectivity index (χ2n) is 5.61. The highest BCUT2D eigenvalue weighted by molar-refractivity contribution is 5.78. The van der Waals surface area contributed by atoms with Crippen LogP contribution in [-0.4, -0.2) is 28.5 Å². The summed E-state index contributed by atoms with van der Waals surface area (Å²) in [5, 5.41) is 11.6. The average molecular weight is 292 g/mol. The number of carbonyl (C=O) groups is 2. The quantitative estimate of drug-likeness (QED) is 0.731. The number of hydrogen-bond acceptors (Lipinski definition) is 3. The Labute approximate surface area is 125 Å². The zero-order valence-electron chi connectivity index (χ0n) is 12.7. The highest BCUT2D eigenvalue weighted by Crippen LogP contribution is 2.20. The molecule has 1 aromatic rings. The Morgan fingerprint density at radius 3 is 2.67 bits per heavy atom. The van der Waals surface area contributed by atoms with E-state index in [1.54, 1.807) is 12.4 Å². The third-order valence-corrected chi connectivity index (χ3v) is 3.60. The third-order valence-electron chi connectivity index (χ3n) is 3.60. The number of aliphatic carboxylic acids is 1. The Bertz CT molecular complexity index is 446. The SMILES string of the molecule is CC(C)C(CCNC(=O)Cc1cccnc1)CCC(=O)O. The summed E-state index contributed by atoms with van der Waals surface area (Å²) in [7, 11) is 0. The fourth-order valence-corrected chi connectivity index (χ4v) is 2.27. The molecule has 21 heavy (non-hydrogen) atoms. The first-order valence-electron chi connectivity index (χ1n) is 7.36. The topological polar surface area (TPSA) is 79.3 Å². The molecule has 0 bridgehead atoms. The highest BCUT2D eigenvalue weighted by atomic mass is 16.4. The first-order valence-corrected chi connectivity index (χ1v) is 7.36. The number of amides is 1. The van der Waals surface area contributed by atoms with Crippen molar-refractivity contribution in [3.63, 3.8) is 0 Å². The van der Waals surface area contributed by atoms with E-state index >= 15 is 0 Å². The van der Waals surface area contributed by atoms with Crippen LogP contribution in [0.2, 0.25) is 0 Å². The minimum absolute atomic E-state index is 0.0243. The van der Waals surface area contributed by atoms with Crippen LogP contribution < -0.4 is 5.32 Å². The molecule has 1 amide bonds. The molecular weight excluding hydrogens is 268 g/mol. The van der Waals surface area contributed by atoms with Crippen molar-refractivity contribution in [3.8, 4) is 0 Å². The number of hydrogen-bond donors (Lipinski definition) is 2. The molecule has 0 radical (unpaired) electrons. The fraction of sp³-hybridized carbons (Fsp3) is 0.562. The predicted octanol–water partition coefficient (Wildman–Crippen LogP) is 2.27. The Kier molecular flexibility index (Phi) is 7.43. The van der Waals surface area contributed by atoms with Gasteiger partial charge < -0.3 is 10.4 Å². The Balaban J connectivity index is 2.29. The summed E-state index contributed by atoms with van der Waals surface area (Å²) in [6.07, 6.45) is 5.34. The predicted molar refractivity (Wildman–Crippen MR) is 80.8 cm³/mol. The van der Waals surface area contributed by atoms with E-state index in [9.17, 15) is 9.59 Å². The number of carboxylic acids is 1. The van der Waals surface area contributed by atoms with Gasteiger partial charge in [0.15, 0.2) is 0 Å². The van der Waals surface area contributed by atoms with Crippen molar-refractivity contribution in [2.45, 2.75) is 39.5 Å². The van der Waals surface area contributed by atoms with Crippen LogP contribution in [0, 0.1) is 11.8 Å². The number of nitrogens with zero attached hydrogens (tertiary/aromatic N) is 1. The Hall–Kier alpha value is -1.91. The maximum Gasteiger partial charge on any atom is 0.303 e. The summed E-state index contributed by atoms with van der Waals surface area (Å²) in [6.45, 7) is 4.76. The van der Waals surface area contributed by atoms with Crippen molar-refractivity contribution >= 4 is 11.9 Å². The smallest absolute Gasteiger partial charge is 0.303 e. The van der Waals surface area contributed by atoms with Gasteiger partial charge in [0.25, 0.3) is 0 Å². The summed E-state index contributed by atoms with van der Waals surface area (Å²) >= 11 is 0. The van der Waals surface area contributed by atoms with Gasteiger partial charge in [-0.2, -0.15) is 0 Å². The van der Waals surface area contributed by atoms with Crippen molar-refractivity contribution in [2.24, 2.45) is 11.8 Å². The summed E-state index contributed by atoms with van der Waals surface area (Å²) in [6, 6.07) is 3.68. The molecule has 1 atom stereocenters. The zero-order valence-corrected chi connectivity index (χ0v) is 12.7. The van der Waals surface area contributed by atoms with Crippen LogP contribution in [-0.2, 0) is 16.0 Å². The van der Waals surface area contributed by atoms with Crippen LogP contribution in [0.3, 0.4) is 0 Å². The molecule has 5 nitrogen and oxygen atoms in total. The number of aromatic nitrogens is 1. The molecule has 0 saturated carbocycles. The summed E-state index contributed by atoms with van der Waals surface area (Å²) < 4.78 is 0. The lowest BCUT2D eigenvalue weighted by Gasteiger charge is -2.20. The summed E-state index contributed by atoms with van der Waals surface area (Å²) in [4.78, 5) is 26.4. The lowest BCUT2D eigenvalue weighted by Crippen LogP contribution is -2.28. The van der Waals surface area contributed by atoms with Gasteiger partial charge in [-0.25, -0.2) is 0 Å². The minimum atomic E-state index is -0.763. The molecule has 1 unspecified atom stereocenters. The maximum absolute atomic E-state index is 11.8. The summed E-state index contributed by atoms with van der Waals surface area (Å²) in [5.41, 5.74) is 0.890. The molecule has 0 fully saturated rings. The third kappa shape index (κ3) is 7.44. The van der Waals surface area contributed by atoms with Crippen molar-refractivity contribution in [2.75, 3.05) is 6.54 Å². The summed E-state index contributed by atoms with van der Waals surface area (Å²) in [5.74, 6) is -0.0515.